The summed E-state index contributed by atoms with van der Waals surface area (Å²) in [5.41, 5.74) is -0.351. The second-order valence-corrected chi connectivity index (χ2v) is 10.1. The van der Waals surface area contributed by atoms with E-state index in [0.29, 0.717) is 44.1 Å². The van der Waals surface area contributed by atoms with Crippen molar-refractivity contribution in [3.63, 3.8) is 0 Å². The molecule has 1 saturated heterocycles. The number of amides is 3. The topological polar surface area (TPSA) is 84.9 Å². The molecule has 0 atom stereocenters. The number of methoxy groups -OCH3 is 1. The number of alkyl halides is 3. The van der Waals surface area contributed by atoms with Crippen LogP contribution in [0.25, 0.3) is 6.08 Å². The van der Waals surface area contributed by atoms with Crippen LogP contribution in [0, 0.1) is 5.82 Å². The number of hydrogen-bond donors (Lipinski definition) is 1. The molecule has 13 heteroatoms. The van der Waals surface area contributed by atoms with Gasteiger partial charge in [-0.3, -0.25) is 19.3 Å². The van der Waals surface area contributed by atoms with Crippen molar-refractivity contribution in [3.05, 3.63) is 92.5 Å². The molecule has 3 amide bonds. The summed E-state index contributed by atoms with van der Waals surface area (Å²) in [6.45, 7) is -0.716. The molecule has 0 spiro atoms. The molecule has 1 N–H and O–H groups in total. The van der Waals surface area contributed by atoms with Gasteiger partial charge in [0.1, 0.15) is 30.5 Å². The summed E-state index contributed by atoms with van der Waals surface area (Å²) in [6, 6.07) is 13.6. The van der Waals surface area contributed by atoms with Crippen molar-refractivity contribution >= 4 is 56.5 Å². The molecule has 7 nitrogen and oxygen atoms in total. The lowest BCUT2D eigenvalue weighted by Crippen LogP contribution is -2.36. The first kappa shape index (κ1) is 29.2. The van der Waals surface area contributed by atoms with Gasteiger partial charge >= 0.3 is 6.18 Å². The van der Waals surface area contributed by atoms with Gasteiger partial charge in [0.15, 0.2) is 0 Å². The molecular formula is C27H19BrF4N2O5S. The number of nitrogens with zero attached hydrogens (tertiary/aromatic N) is 1. The van der Waals surface area contributed by atoms with Crippen LogP contribution in [0.4, 0.5) is 28.0 Å². The van der Waals surface area contributed by atoms with Crippen molar-refractivity contribution in [1.29, 1.82) is 0 Å². The third-order valence-electron chi connectivity index (χ3n) is 5.57. The van der Waals surface area contributed by atoms with Crippen molar-refractivity contribution in [1.82, 2.24) is 4.90 Å². The van der Waals surface area contributed by atoms with Crippen LogP contribution in [0.15, 0.2) is 70.0 Å². The minimum atomic E-state index is -4.65. The standard InChI is InChI=1S/C27H19BrF4N2O5S/c1-38-22-9-7-17(27(30,31)32)12-20(22)33-24(35)13-34-25(36)23(40-26(34)37)11-15-6-8-21(18(28)10-15)39-14-16-4-2-3-5-19(16)29/h2-12H,13-14H2,1H3,(H,33,35)/b23-11-. The van der Waals surface area contributed by atoms with Gasteiger partial charge in [-0.05, 0) is 75.7 Å². The maximum Gasteiger partial charge on any atom is 0.416 e. The van der Waals surface area contributed by atoms with Crippen LogP contribution in [-0.2, 0) is 22.4 Å². The Morgan fingerprint density at radius 3 is 2.48 bits per heavy atom. The Labute approximate surface area is 238 Å². The van der Waals surface area contributed by atoms with Crippen LogP contribution in [0.3, 0.4) is 0 Å². The highest BCUT2D eigenvalue weighted by Crippen LogP contribution is 2.36. The first-order chi connectivity index (χ1) is 19.0. The summed E-state index contributed by atoms with van der Waals surface area (Å²) in [4.78, 5) is 38.6. The van der Waals surface area contributed by atoms with Crippen LogP contribution in [0.5, 0.6) is 11.5 Å². The van der Waals surface area contributed by atoms with Crippen molar-refractivity contribution in [2.45, 2.75) is 12.8 Å². The number of carbonyl (C=O) groups excluding carboxylic acids is 3. The lowest BCUT2D eigenvalue weighted by atomic mass is 10.1. The number of benzene rings is 3. The summed E-state index contributed by atoms with van der Waals surface area (Å²) >= 11 is 3.98. The largest absolute Gasteiger partial charge is 0.495 e. The van der Waals surface area contributed by atoms with E-state index in [4.69, 9.17) is 9.47 Å². The average molecular weight is 639 g/mol. The second-order valence-electron chi connectivity index (χ2n) is 8.30. The number of ether oxygens (including phenoxy) is 2. The number of imide groups is 1. The van der Waals surface area contributed by atoms with Crippen molar-refractivity contribution in [2.24, 2.45) is 0 Å². The zero-order chi connectivity index (χ0) is 29.0. The molecule has 40 heavy (non-hydrogen) atoms. The van der Waals surface area contributed by atoms with Gasteiger partial charge in [-0.1, -0.05) is 24.3 Å². The zero-order valence-corrected chi connectivity index (χ0v) is 23.0. The molecule has 1 aliphatic rings. The summed E-state index contributed by atoms with van der Waals surface area (Å²) in [6.07, 6.45) is -3.20. The molecule has 3 aromatic rings. The van der Waals surface area contributed by atoms with E-state index in [-0.39, 0.29) is 22.9 Å². The molecule has 0 aliphatic carbocycles. The number of hydrogen-bond acceptors (Lipinski definition) is 6. The van der Waals surface area contributed by atoms with E-state index in [9.17, 15) is 31.9 Å². The summed E-state index contributed by atoms with van der Waals surface area (Å²) in [5, 5.41) is 1.55. The van der Waals surface area contributed by atoms with Crippen LogP contribution < -0.4 is 14.8 Å². The monoisotopic (exact) mass is 638 g/mol. The van der Waals surface area contributed by atoms with Crippen LogP contribution in [-0.4, -0.2) is 35.6 Å². The molecule has 1 fully saturated rings. The number of carbonyl (C=O) groups is 3. The molecule has 1 heterocycles. The van der Waals surface area contributed by atoms with Gasteiger partial charge in [-0.2, -0.15) is 13.2 Å². The Morgan fingerprint density at radius 1 is 1.07 bits per heavy atom. The molecule has 0 aromatic heterocycles. The maximum absolute atomic E-state index is 13.8. The van der Waals surface area contributed by atoms with E-state index >= 15 is 0 Å². The maximum atomic E-state index is 13.8. The number of halogens is 5. The minimum absolute atomic E-state index is 0.00204. The number of nitrogens with one attached hydrogen (secondary N) is 1. The predicted molar refractivity (Wildman–Crippen MR) is 144 cm³/mol. The van der Waals surface area contributed by atoms with Crippen LogP contribution in [0.1, 0.15) is 16.7 Å². The molecule has 1 aliphatic heterocycles. The fourth-order valence-electron chi connectivity index (χ4n) is 3.60. The zero-order valence-electron chi connectivity index (χ0n) is 20.6. The quantitative estimate of drug-likeness (QED) is 0.214. The highest BCUT2D eigenvalue weighted by Gasteiger charge is 2.37. The third kappa shape index (κ3) is 6.83. The third-order valence-corrected chi connectivity index (χ3v) is 7.10. The van der Waals surface area contributed by atoms with Gasteiger partial charge in [0, 0.05) is 5.56 Å². The Kier molecular flexibility index (Phi) is 8.84. The first-order valence-electron chi connectivity index (χ1n) is 11.4. The number of anilines is 1. The van der Waals surface area contributed by atoms with Gasteiger partial charge in [0.05, 0.1) is 27.7 Å². The Hall–Kier alpha value is -3.84. The van der Waals surface area contributed by atoms with Crippen molar-refractivity contribution < 1.29 is 41.4 Å². The fraction of sp³-hybridized carbons (Fsp3) is 0.148. The number of rotatable bonds is 8. The normalized spacial score (nSPS) is 14.6. The Morgan fingerprint density at radius 2 is 1.80 bits per heavy atom. The summed E-state index contributed by atoms with van der Waals surface area (Å²) in [7, 11) is 1.22. The van der Waals surface area contributed by atoms with Crippen LogP contribution >= 0.6 is 27.7 Å². The molecule has 0 radical (unpaired) electrons. The van der Waals surface area contributed by atoms with Gasteiger partial charge in [0.2, 0.25) is 5.91 Å². The Bertz CT molecular complexity index is 1510. The van der Waals surface area contributed by atoms with E-state index in [1.165, 1.54) is 19.3 Å². The smallest absolute Gasteiger partial charge is 0.416 e. The van der Waals surface area contributed by atoms with Gasteiger partial charge in [-0.15, -0.1) is 0 Å². The van der Waals surface area contributed by atoms with Gasteiger partial charge in [-0.25, -0.2) is 4.39 Å². The Balaban J connectivity index is 1.43. The van der Waals surface area contributed by atoms with E-state index in [2.05, 4.69) is 21.2 Å². The molecule has 0 unspecified atom stereocenters. The van der Waals surface area contributed by atoms with Crippen molar-refractivity contribution in [2.75, 3.05) is 19.0 Å². The molecule has 3 aromatic carbocycles. The predicted octanol–water partition coefficient (Wildman–Crippen LogP) is 6.87. The molecule has 4 rings (SSSR count). The van der Waals surface area contributed by atoms with Crippen molar-refractivity contribution in [3.8, 4) is 11.5 Å². The average Bonchev–Trinajstić information content (AvgIpc) is 3.15. The lowest BCUT2D eigenvalue weighted by molar-refractivity contribution is -0.137. The van der Waals surface area contributed by atoms with E-state index < -0.39 is 41.2 Å². The van der Waals surface area contributed by atoms with E-state index in [1.54, 1.807) is 36.4 Å². The molecule has 208 valence electrons. The first-order valence-corrected chi connectivity index (χ1v) is 13.0. The fourth-order valence-corrected chi connectivity index (χ4v) is 4.95. The molecule has 0 bridgehead atoms. The second kappa shape index (κ2) is 12.1. The van der Waals surface area contributed by atoms with Gasteiger partial charge in [0.25, 0.3) is 11.1 Å². The van der Waals surface area contributed by atoms with Gasteiger partial charge < -0.3 is 14.8 Å². The van der Waals surface area contributed by atoms with Crippen LogP contribution in [0.2, 0.25) is 0 Å². The highest BCUT2D eigenvalue weighted by atomic mass is 79.9. The lowest BCUT2D eigenvalue weighted by Gasteiger charge is -2.16. The van der Waals surface area contributed by atoms with E-state index in [0.717, 1.165) is 12.1 Å². The summed E-state index contributed by atoms with van der Waals surface area (Å²) in [5.74, 6) is -1.62. The summed E-state index contributed by atoms with van der Waals surface area (Å²) < 4.78 is 64.2. The molecular weight excluding hydrogens is 620 g/mol. The number of thioether (sulfide) groups is 1. The highest BCUT2D eigenvalue weighted by molar-refractivity contribution is 9.10. The SMILES string of the molecule is COc1ccc(C(F)(F)F)cc1NC(=O)CN1C(=O)S/C(=C\c2ccc(OCc3ccccc3F)c(Br)c2)C1=O. The van der Waals surface area contributed by atoms with E-state index in [1.807, 2.05) is 0 Å². The molecule has 0 saturated carbocycles. The minimum Gasteiger partial charge on any atom is -0.495 e.